The maximum Gasteiger partial charge on any atom is 0.129 e. The second-order valence-corrected chi connectivity index (χ2v) is 7.71. The largest absolute Gasteiger partial charge is 0.397 e. The highest BCUT2D eigenvalue weighted by atomic mass is 15.0. The van der Waals surface area contributed by atoms with Crippen molar-refractivity contribution in [1.82, 2.24) is 4.98 Å². The molecule has 0 atom stereocenters. The van der Waals surface area contributed by atoms with Crippen molar-refractivity contribution in [3.8, 4) is 0 Å². The van der Waals surface area contributed by atoms with Gasteiger partial charge in [0.15, 0.2) is 0 Å². The van der Waals surface area contributed by atoms with E-state index in [1.165, 1.54) is 38.5 Å². The monoisotopic (exact) mass is 271 g/mol. The molecule has 0 radical (unpaired) electrons. The maximum absolute atomic E-state index is 5.78. The molecule has 1 heterocycles. The van der Waals surface area contributed by atoms with Crippen LogP contribution in [0.3, 0.4) is 0 Å². The van der Waals surface area contributed by atoms with Gasteiger partial charge in [-0.2, -0.15) is 0 Å². The van der Waals surface area contributed by atoms with E-state index in [-0.39, 0.29) is 0 Å². The summed E-state index contributed by atoms with van der Waals surface area (Å²) >= 11 is 0. The predicted molar refractivity (Wildman–Crippen MR) is 82.5 cm³/mol. The van der Waals surface area contributed by atoms with Crippen LogP contribution in [0.1, 0.15) is 44.1 Å². The van der Waals surface area contributed by atoms with Crippen molar-refractivity contribution in [2.75, 3.05) is 17.6 Å². The molecule has 4 aliphatic carbocycles. The van der Waals surface area contributed by atoms with Gasteiger partial charge < -0.3 is 11.1 Å². The first-order valence-electron chi connectivity index (χ1n) is 8.08. The number of pyridine rings is 1. The van der Waals surface area contributed by atoms with Crippen LogP contribution >= 0.6 is 0 Å². The molecule has 3 heteroatoms. The molecule has 3 nitrogen and oxygen atoms in total. The van der Waals surface area contributed by atoms with E-state index >= 15 is 0 Å². The lowest BCUT2D eigenvalue weighted by atomic mass is 9.49. The quantitative estimate of drug-likeness (QED) is 0.883. The number of nitrogens with one attached hydrogen (secondary N) is 1. The van der Waals surface area contributed by atoms with Gasteiger partial charge in [0, 0.05) is 6.54 Å². The lowest BCUT2D eigenvalue weighted by molar-refractivity contribution is -0.0444. The molecule has 108 valence electrons. The third-order valence-electron chi connectivity index (χ3n) is 5.90. The molecule has 0 aliphatic heterocycles. The van der Waals surface area contributed by atoms with Gasteiger partial charge in [0.25, 0.3) is 0 Å². The molecule has 4 aliphatic rings. The van der Waals surface area contributed by atoms with Gasteiger partial charge in [-0.3, -0.25) is 0 Å². The van der Waals surface area contributed by atoms with Crippen LogP contribution in [0.5, 0.6) is 0 Å². The van der Waals surface area contributed by atoms with Crippen LogP contribution in [-0.2, 0) is 0 Å². The summed E-state index contributed by atoms with van der Waals surface area (Å²) in [5.74, 6) is 4.07. The Kier molecular flexibility index (Phi) is 2.73. The second-order valence-electron chi connectivity index (χ2n) is 7.71. The number of hydrogen-bond acceptors (Lipinski definition) is 3. The minimum atomic E-state index is 0.560. The summed E-state index contributed by atoms with van der Waals surface area (Å²) in [6, 6.07) is 2.01. The molecular weight excluding hydrogens is 246 g/mol. The first kappa shape index (κ1) is 12.5. The van der Waals surface area contributed by atoms with Crippen LogP contribution < -0.4 is 11.1 Å². The fourth-order valence-corrected chi connectivity index (χ4v) is 5.56. The van der Waals surface area contributed by atoms with Crippen molar-refractivity contribution in [2.24, 2.45) is 23.2 Å². The summed E-state index contributed by atoms with van der Waals surface area (Å²) in [7, 11) is 0. The van der Waals surface area contributed by atoms with E-state index in [9.17, 15) is 0 Å². The van der Waals surface area contributed by atoms with Crippen LogP contribution in [0.15, 0.2) is 12.3 Å². The second kappa shape index (κ2) is 4.37. The number of hydrogen-bond donors (Lipinski definition) is 2. The molecular formula is C17H25N3. The highest BCUT2D eigenvalue weighted by Crippen LogP contribution is 2.59. The van der Waals surface area contributed by atoms with Gasteiger partial charge in [0.2, 0.25) is 0 Å². The normalized spacial score (nSPS) is 38.1. The van der Waals surface area contributed by atoms with Crippen molar-refractivity contribution in [2.45, 2.75) is 45.4 Å². The minimum absolute atomic E-state index is 0.560. The topological polar surface area (TPSA) is 50.9 Å². The average Bonchev–Trinajstić information content (AvgIpc) is 2.36. The number of anilines is 2. The Morgan fingerprint density at radius 2 is 1.80 bits per heavy atom. The Morgan fingerprint density at radius 3 is 2.35 bits per heavy atom. The predicted octanol–water partition coefficient (Wildman–Crippen LogP) is 3.60. The Bertz CT molecular complexity index is 488. The van der Waals surface area contributed by atoms with Gasteiger partial charge in [-0.1, -0.05) is 0 Å². The summed E-state index contributed by atoms with van der Waals surface area (Å²) in [6.07, 6.45) is 10.6. The molecule has 0 unspecified atom stereocenters. The Hall–Kier alpha value is -1.25. The van der Waals surface area contributed by atoms with Crippen molar-refractivity contribution in [3.05, 3.63) is 17.8 Å². The molecule has 3 N–H and O–H groups in total. The summed E-state index contributed by atoms with van der Waals surface area (Å²) in [5, 5.41) is 3.63. The van der Waals surface area contributed by atoms with E-state index in [4.69, 9.17) is 5.73 Å². The van der Waals surface area contributed by atoms with E-state index in [1.807, 2.05) is 6.07 Å². The third kappa shape index (κ3) is 2.07. The average molecular weight is 271 g/mol. The van der Waals surface area contributed by atoms with E-state index in [0.29, 0.717) is 5.41 Å². The molecule has 0 amide bonds. The highest BCUT2D eigenvalue weighted by molar-refractivity contribution is 5.50. The summed E-state index contributed by atoms with van der Waals surface area (Å²) in [5.41, 5.74) is 8.25. The van der Waals surface area contributed by atoms with Crippen molar-refractivity contribution in [3.63, 3.8) is 0 Å². The van der Waals surface area contributed by atoms with Gasteiger partial charge in [0.1, 0.15) is 5.82 Å². The highest BCUT2D eigenvalue weighted by Gasteiger charge is 2.50. The number of rotatable bonds is 3. The van der Waals surface area contributed by atoms with E-state index in [2.05, 4.69) is 17.2 Å². The molecule has 1 aromatic rings. The standard InChI is InChI=1S/C17H25N3/c1-11-2-15(18)9-19-16(11)20-10-17-6-12-3-13(7-17)5-14(4-12)8-17/h2,9,12-14H,3-8,10,18H2,1H3,(H,19,20). The van der Waals surface area contributed by atoms with E-state index < -0.39 is 0 Å². The number of nitrogen functional groups attached to an aromatic ring is 1. The lowest BCUT2D eigenvalue weighted by Gasteiger charge is -2.57. The summed E-state index contributed by atoms with van der Waals surface area (Å²) < 4.78 is 0. The van der Waals surface area contributed by atoms with Crippen LogP contribution in [0.2, 0.25) is 0 Å². The van der Waals surface area contributed by atoms with Gasteiger partial charge in [-0.25, -0.2) is 4.98 Å². The van der Waals surface area contributed by atoms with Crippen LogP contribution in [-0.4, -0.2) is 11.5 Å². The van der Waals surface area contributed by atoms with E-state index in [0.717, 1.165) is 41.4 Å². The fourth-order valence-electron chi connectivity index (χ4n) is 5.56. The van der Waals surface area contributed by atoms with Crippen LogP contribution in [0.4, 0.5) is 11.5 Å². The zero-order valence-electron chi connectivity index (χ0n) is 12.4. The van der Waals surface area contributed by atoms with E-state index in [1.54, 1.807) is 6.20 Å². The Balaban J connectivity index is 1.49. The van der Waals surface area contributed by atoms with Crippen LogP contribution in [0, 0.1) is 30.1 Å². The smallest absolute Gasteiger partial charge is 0.129 e. The molecule has 4 bridgehead atoms. The SMILES string of the molecule is Cc1cc(N)cnc1NCC12CC3CC(CC(C3)C1)C2. The molecule has 20 heavy (non-hydrogen) atoms. The zero-order valence-corrected chi connectivity index (χ0v) is 12.4. The third-order valence-corrected chi connectivity index (χ3v) is 5.90. The number of nitrogens with zero attached hydrogens (tertiary/aromatic N) is 1. The molecule has 4 saturated carbocycles. The molecule has 0 spiro atoms. The molecule has 1 aromatic heterocycles. The maximum atomic E-state index is 5.78. The minimum Gasteiger partial charge on any atom is -0.397 e. The first-order chi connectivity index (χ1) is 9.62. The molecule has 0 saturated heterocycles. The number of aryl methyl sites for hydroxylation is 1. The van der Waals surface area contributed by atoms with Gasteiger partial charge in [0.05, 0.1) is 11.9 Å². The molecule has 0 aromatic carbocycles. The first-order valence-corrected chi connectivity index (χ1v) is 8.08. The van der Waals surface area contributed by atoms with Gasteiger partial charge in [-0.05, 0) is 80.2 Å². The number of aromatic nitrogens is 1. The summed E-state index contributed by atoms with van der Waals surface area (Å²) in [6.45, 7) is 3.19. The van der Waals surface area contributed by atoms with Gasteiger partial charge in [-0.15, -0.1) is 0 Å². The van der Waals surface area contributed by atoms with Crippen molar-refractivity contribution < 1.29 is 0 Å². The number of nitrogens with two attached hydrogens (primary N) is 1. The van der Waals surface area contributed by atoms with Crippen molar-refractivity contribution >= 4 is 11.5 Å². The Labute approximate surface area is 121 Å². The fraction of sp³-hybridized carbons (Fsp3) is 0.706. The summed E-state index contributed by atoms with van der Waals surface area (Å²) in [4.78, 5) is 4.46. The lowest BCUT2D eigenvalue weighted by Crippen LogP contribution is -2.49. The molecule has 5 rings (SSSR count). The zero-order chi connectivity index (χ0) is 13.7. The molecule has 4 fully saturated rings. The van der Waals surface area contributed by atoms with Crippen molar-refractivity contribution in [1.29, 1.82) is 0 Å². The van der Waals surface area contributed by atoms with Gasteiger partial charge >= 0.3 is 0 Å². The Morgan fingerprint density at radius 1 is 1.20 bits per heavy atom. The van der Waals surface area contributed by atoms with Crippen LogP contribution in [0.25, 0.3) is 0 Å².